The van der Waals surface area contributed by atoms with Crippen molar-refractivity contribution in [1.82, 2.24) is 0 Å². The van der Waals surface area contributed by atoms with Gasteiger partial charge in [-0.3, -0.25) is 4.79 Å². The highest BCUT2D eigenvalue weighted by Crippen LogP contribution is 2.27. The summed E-state index contributed by atoms with van der Waals surface area (Å²) < 4.78 is 27.5. The second-order valence-electron chi connectivity index (χ2n) is 6.33. The molecule has 1 amide bonds. The fraction of sp³-hybridized carbons (Fsp3) is 0.263. The van der Waals surface area contributed by atoms with E-state index in [0.717, 1.165) is 17.4 Å². The second kappa shape index (κ2) is 8.54. The molecule has 2 aromatic carbocycles. The quantitative estimate of drug-likeness (QED) is 0.739. The van der Waals surface area contributed by atoms with Crippen LogP contribution in [-0.4, -0.2) is 33.2 Å². The third kappa shape index (κ3) is 6.37. The van der Waals surface area contributed by atoms with Gasteiger partial charge in [-0.05, 0) is 48.7 Å². The molecule has 0 fully saturated rings. The Hall–Kier alpha value is -2.38. The summed E-state index contributed by atoms with van der Waals surface area (Å²) in [6, 6.07) is 9.60. The third-order valence-electron chi connectivity index (χ3n) is 3.65. The fourth-order valence-electron chi connectivity index (χ4n) is 2.50. The number of rotatable bonds is 6. The van der Waals surface area contributed by atoms with Crippen LogP contribution in [0.3, 0.4) is 0 Å². The maximum atomic E-state index is 12.0. The highest BCUT2D eigenvalue weighted by molar-refractivity contribution is 7.89. The van der Waals surface area contributed by atoms with Crippen molar-refractivity contribution < 1.29 is 22.7 Å². The largest absolute Gasteiger partial charge is 0.452 e. The molecule has 1 N–H and O–H groups in total. The first kappa shape index (κ1) is 20.9. The van der Waals surface area contributed by atoms with Gasteiger partial charge < -0.3 is 10.1 Å². The van der Waals surface area contributed by atoms with E-state index in [4.69, 9.17) is 16.3 Å². The lowest BCUT2D eigenvalue weighted by Gasteiger charge is -2.12. The Kier molecular flexibility index (Phi) is 6.62. The number of aryl methyl sites for hydroxylation is 2. The molecular weight excluding hydrogens is 390 g/mol. The topological polar surface area (TPSA) is 89.5 Å². The summed E-state index contributed by atoms with van der Waals surface area (Å²) in [5.74, 6) is -1.30. The first-order valence-electron chi connectivity index (χ1n) is 8.05. The summed E-state index contributed by atoms with van der Waals surface area (Å²) in [5, 5.41) is 3.04. The van der Waals surface area contributed by atoms with Gasteiger partial charge in [0.25, 0.3) is 5.91 Å². The van der Waals surface area contributed by atoms with Gasteiger partial charge in [0, 0.05) is 6.26 Å². The van der Waals surface area contributed by atoms with Gasteiger partial charge in [-0.1, -0.05) is 29.8 Å². The maximum absolute atomic E-state index is 12.0. The zero-order valence-corrected chi connectivity index (χ0v) is 16.8. The fourth-order valence-corrected chi connectivity index (χ4v) is 3.67. The lowest BCUT2D eigenvalue weighted by Crippen LogP contribution is -2.21. The molecule has 0 saturated heterocycles. The Labute approximate surface area is 163 Å². The summed E-state index contributed by atoms with van der Waals surface area (Å²) >= 11 is 6.13. The lowest BCUT2D eigenvalue weighted by molar-refractivity contribution is -0.119. The molecule has 0 saturated carbocycles. The number of carbonyl (C=O) groups excluding carboxylic acids is 2. The number of nitrogens with one attached hydrogen (secondary N) is 1. The molecule has 0 bridgehead atoms. The van der Waals surface area contributed by atoms with Crippen LogP contribution in [0.4, 0.5) is 5.69 Å². The minimum atomic E-state index is -3.15. The van der Waals surface area contributed by atoms with Crippen LogP contribution in [-0.2, 0) is 25.1 Å². The van der Waals surface area contributed by atoms with E-state index in [1.165, 1.54) is 24.3 Å². The summed E-state index contributed by atoms with van der Waals surface area (Å²) in [6.07, 6.45) is 1.13. The van der Waals surface area contributed by atoms with Gasteiger partial charge in [0.2, 0.25) is 0 Å². The number of amides is 1. The van der Waals surface area contributed by atoms with Crippen molar-refractivity contribution in [3.8, 4) is 0 Å². The van der Waals surface area contributed by atoms with Gasteiger partial charge in [-0.15, -0.1) is 0 Å². The molecule has 8 heteroatoms. The molecule has 0 heterocycles. The molecule has 0 spiro atoms. The van der Waals surface area contributed by atoms with E-state index >= 15 is 0 Å². The standard InChI is InChI=1S/C19H20ClNO5S/c1-12-8-13(2)18(16(20)9-12)21-17(22)10-26-19(23)15-6-4-14(5-7-15)11-27(3,24)25/h4-9H,10-11H2,1-3H3,(H,21,22). The van der Waals surface area contributed by atoms with E-state index in [9.17, 15) is 18.0 Å². The SMILES string of the molecule is Cc1cc(C)c(NC(=O)COC(=O)c2ccc(CS(C)(=O)=O)cc2)c(Cl)c1. The summed E-state index contributed by atoms with van der Waals surface area (Å²) in [4.78, 5) is 24.1. The Morgan fingerprint density at radius 1 is 1.11 bits per heavy atom. The van der Waals surface area contributed by atoms with Crippen LogP contribution in [0, 0.1) is 13.8 Å². The van der Waals surface area contributed by atoms with Crippen molar-refractivity contribution in [1.29, 1.82) is 0 Å². The number of hydrogen-bond donors (Lipinski definition) is 1. The van der Waals surface area contributed by atoms with Crippen molar-refractivity contribution in [2.45, 2.75) is 19.6 Å². The number of hydrogen-bond acceptors (Lipinski definition) is 5. The Balaban J connectivity index is 1.94. The van der Waals surface area contributed by atoms with Crippen LogP contribution < -0.4 is 5.32 Å². The predicted octanol–water partition coefficient (Wildman–Crippen LogP) is 3.30. The van der Waals surface area contributed by atoms with Crippen LogP contribution in [0.2, 0.25) is 5.02 Å². The van der Waals surface area contributed by atoms with Crippen molar-refractivity contribution in [2.24, 2.45) is 0 Å². The van der Waals surface area contributed by atoms with E-state index in [1.807, 2.05) is 19.9 Å². The minimum absolute atomic E-state index is 0.110. The van der Waals surface area contributed by atoms with Crippen LogP contribution in [0.15, 0.2) is 36.4 Å². The molecule has 2 rings (SSSR count). The molecule has 0 aliphatic rings. The first-order chi connectivity index (χ1) is 12.5. The smallest absolute Gasteiger partial charge is 0.338 e. The third-order valence-corrected chi connectivity index (χ3v) is 4.80. The number of ether oxygens (including phenoxy) is 1. The van der Waals surface area contributed by atoms with Gasteiger partial charge >= 0.3 is 5.97 Å². The number of carbonyl (C=O) groups is 2. The molecule has 6 nitrogen and oxygen atoms in total. The van der Waals surface area contributed by atoms with Crippen molar-refractivity contribution in [2.75, 3.05) is 18.2 Å². The second-order valence-corrected chi connectivity index (χ2v) is 8.88. The van der Waals surface area contributed by atoms with E-state index in [-0.39, 0.29) is 11.3 Å². The Bertz CT molecular complexity index is 945. The summed E-state index contributed by atoms with van der Waals surface area (Å²) in [6.45, 7) is 3.25. The molecule has 27 heavy (non-hydrogen) atoms. The highest BCUT2D eigenvalue weighted by atomic mass is 35.5. The van der Waals surface area contributed by atoms with Crippen molar-refractivity contribution in [3.63, 3.8) is 0 Å². The average molecular weight is 410 g/mol. The van der Waals surface area contributed by atoms with E-state index in [0.29, 0.717) is 16.3 Å². The summed E-state index contributed by atoms with van der Waals surface area (Å²) in [7, 11) is -3.15. The molecule has 0 radical (unpaired) electrons. The Morgan fingerprint density at radius 3 is 2.30 bits per heavy atom. The first-order valence-corrected chi connectivity index (χ1v) is 10.5. The number of sulfone groups is 1. The average Bonchev–Trinajstić information content (AvgIpc) is 2.55. The van der Waals surface area contributed by atoms with Gasteiger partial charge in [-0.25, -0.2) is 13.2 Å². The van der Waals surface area contributed by atoms with Gasteiger partial charge in [0.15, 0.2) is 16.4 Å². The van der Waals surface area contributed by atoms with E-state index in [1.54, 1.807) is 6.07 Å². The number of esters is 1. The molecule has 0 atom stereocenters. The molecule has 144 valence electrons. The monoisotopic (exact) mass is 409 g/mol. The van der Waals surface area contributed by atoms with Crippen molar-refractivity contribution in [3.05, 3.63) is 63.7 Å². The number of benzene rings is 2. The maximum Gasteiger partial charge on any atom is 0.338 e. The van der Waals surface area contributed by atoms with Crippen LogP contribution in [0.5, 0.6) is 0 Å². The minimum Gasteiger partial charge on any atom is -0.452 e. The van der Waals surface area contributed by atoms with Crippen LogP contribution in [0.25, 0.3) is 0 Å². The van der Waals surface area contributed by atoms with E-state index in [2.05, 4.69) is 5.32 Å². The van der Waals surface area contributed by atoms with Crippen LogP contribution in [0.1, 0.15) is 27.0 Å². The normalized spacial score (nSPS) is 11.1. The number of halogens is 1. The molecule has 2 aromatic rings. The molecule has 0 aliphatic heterocycles. The van der Waals surface area contributed by atoms with Crippen molar-refractivity contribution >= 4 is 39.0 Å². The lowest BCUT2D eigenvalue weighted by atomic mass is 10.1. The molecule has 0 unspecified atom stereocenters. The van der Waals surface area contributed by atoms with Crippen LogP contribution >= 0.6 is 11.6 Å². The van der Waals surface area contributed by atoms with E-state index < -0.39 is 28.3 Å². The van der Waals surface area contributed by atoms with Gasteiger partial charge in [0.05, 0.1) is 22.0 Å². The van der Waals surface area contributed by atoms with Gasteiger partial charge in [-0.2, -0.15) is 0 Å². The summed E-state index contributed by atoms with van der Waals surface area (Å²) in [5.41, 5.74) is 3.05. The number of anilines is 1. The van der Waals surface area contributed by atoms with Gasteiger partial charge in [0.1, 0.15) is 0 Å². The zero-order valence-electron chi connectivity index (χ0n) is 15.2. The Morgan fingerprint density at radius 2 is 1.74 bits per heavy atom. The highest BCUT2D eigenvalue weighted by Gasteiger charge is 2.13. The molecular formula is C19H20ClNO5S. The zero-order chi connectivity index (χ0) is 20.2. The predicted molar refractivity (Wildman–Crippen MR) is 105 cm³/mol. The molecule has 0 aliphatic carbocycles. The molecule has 0 aromatic heterocycles.